The van der Waals surface area contributed by atoms with Gasteiger partial charge in [0.25, 0.3) is 0 Å². The second kappa shape index (κ2) is 21.7. The van der Waals surface area contributed by atoms with E-state index in [2.05, 4.69) is 57.1 Å². The van der Waals surface area contributed by atoms with E-state index in [0.717, 1.165) is 12.5 Å². The van der Waals surface area contributed by atoms with Crippen molar-refractivity contribution in [2.24, 2.45) is 0 Å². The highest BCUT2D eigenvalue weighted by atomic mass is 15.1. The minimum atomic E-state index is 0.808. The largest absolute Gasteiger partial charge is 0.306 e. The molecule has 0 rings (SSSR count). The van der Waals surface area contributed by atoms with Gasteiger partial charge in [0, 0.05) is 6.04 Å². The zero-order valence-electron chi connectivity index (χ0n) is 19.4. The van der Waals surface area contributed by atoms with Crippen LogP contribution in [0.3, 0.4) is 0 Å². The standard InChI is InChI=1S/C26H51N/c1-5-7-9-10-11-12-13-14-15-16-17-18-19-20-21-22-23-25-26(27(3)4)24-8-6-2/h11-12,14-15,26H,5-10,13,16-25H2,1-4H3/b12-11-,15-14?. The zero-order valence-corrected chi connectivity index (χ0v) is 19.4. The van der Waals surface area contributed by atoms with E-state index < -0.39 is 0 Å². The molecule has 0 bridgehead atoms. The maximum Gasteiger partial charge on any atom is 0.00891 e. The molecule has 0 aromatic rings. The van der Waals surface area contributed by atoms with E-state index >= 15 is 0 Å². The van der Waals surface area contributed by atoms with E-state index in [9.17, 15) is 0 Å². The van der Waals surface area contributed by atoms with Gasteiger partial charge in [-0.25, -0.2) is 0 Å². The predicted octanol–water partition coefficient (Wildman–Crippen LogP) is 8.70. The molecule has 0 heterocycles. The second-order valence-electron chi connectivity index (χ2n) is 8.49. The van der Waals surface area contributed by atoms with Crippen LogP contribution in [0, 0.1) is 0 Å². The normalized spacial score (nSPS) is 13.4. The van der Waals surface area contributed by atoms with Gasteiger partial charge in [0.15, 0.2) is 0 Å². The molecule has 0 saturated heterocycles. The molecule has 0 aliphatic rings. The molecule has 0 aliphatic heterocycles. The van der Waals surface area contributed by atoms with Crippen LogP contribution in [0.25, 0.3) is 0 Å². The minimum absolute atomic E-state index is 0.808. The first-order chi connectivity index (χ1) is 13.2. The average Bonchev–Trinajstić information content (AvgIpc) is 2.66. The second-order valence-corrected chi connectivity index (χ2v) is 8.49. The number of rotatable bonds is 20. The van der Waals surface area contributed by atoms with E-state index in [1.165, 1.54) is 103 Å². The van der Waals surface area contributed by atoms with Crippen molar-refractivity contribution in [3.8, 4) is 0 Å². The van der Waals surface area contributed by atoms with Gasteiger partial charge in [0.2, 0.25) is 0 Å². The highest BCUT2D eigenvalue weighted by molar-refractivity contribution is 4.92. The fourth-order valence-electron chi connectivity index (χ4n) is 3.65. The lowest BCUT2D eigenvalue weighted by molar-refractivity contribution is 0.253. The Hall–Kier alpha value is -0.560. The third-order valence-corrected chi connectivity index (χ3v) is 5.61. The van der Waals surface area contributed by atoms with E-state index in [-0.39, 0.29) is 0 Å². The van der Waals surface area contributed by atoms with Gasteiger partial charge in [-0.15, -0.1) is 0 Å². The van der Waals surface area contributed by atoms with Gasteiger partial charge in [-0.2, -0.15) is 0 Å². The Morgan fingerprint density at radius 1 is 0.556 bits per heavy atom. The molecule has 1 heteroatoms. The van der Waals surface area contributed by atoms with E-state index in [1.807, 2.05) is 0 Å². The summed E-state index contributed by atoms with van der Waals surface area (Å²) in [5, 5.41) is 0. The number of hydrogen-bond acceptors (Lipinski definition) is 1. The molecule has 0 radical (unpaired) electrons. The Bertz CT molecular complexity index is 329. The van der Waals surface area contributed by atoms with Crippen LogP contribution >= 0.6 is 0 Å². The molecule has 160 valence electrons. The van der Waals surface area contributed by atoms with Crippen LogP contribution in [0.5, 0.6) is 0 Å². The average molecular weight is 378 g/mol. The van der Waals surface area contributed by atoms with Gasteiger partial charge >= 0.3 is 0 Å². The predicted molar refractivity (Wildman–Crippen MR) is 126 cm³/mol. The fraction of sp³-hybridized carbons (Fsp3) is 0.846. The molecule has 0 saturated carbocycles. The van der Waals surface area contributed by atoms with Crippen molar-refractivity contribution in [2.45, 2.75) is 129 Å². The number of hydrogen-bond donors (Lipinski definition) is 0. The summed E-state index contributed by atoms with van der Waals surface area (Å²) < 4.78 is 0. The van der Waals surface area contributed by atoms with Crippen molar-refractivity contribution in [1.82, 2.24) is 4.90 Å². The lowest BCUT2D eigenvalue weighted by Gasteiger charge is -2.24. The molecule has 27 heavy (non-hydrogen) atoms. The summed E-state index contributed by atoms with van der Waals surface area (Å²) in [5.41, 5.74) is 0. The van der Waals surface area contributed by atoms with Crippen molar-refractivity contribution in [3.05, 3.63) is 24.3 Å². The van der Waals surface area contributed by atoms with Crippen molar-refractivity contribution in [3.63, 3.8) is 0 Å². The van der Waals surface area contributed by atoms with Crippen LogP contribution in [0.15, 0.2) is 24.3 Å². The topological polar surface area (TPSA) is 3.24 Å². The first-order valence-electron chi connectivity index (χ1n) is 12.2. The molecule has 0 aromatic heterocycles. The summed E-state index contributed by atoms with van der Waals surface area (Å²) in [5.74, 6) is 0. The van der Waals surface area contributed by atoms with Gasteiger partial charge in [-0.1, -0.05) is 102 Å². The quantitative estimate of drug-likeness (QED) is 0.151. The maximum absolute atomic E-state index is 2.44. The van der Waals surface area contributed by atoms with Crippen molar-refractivity contribution in [1.29, 1.82) is 0 Å². The Balaban J connectivity index is 3.36. The van der Waals surface area contributed by atoms with Gasteiger partial charge < -0.3 is 4.90 Å². The Kier molecular flexibility index (Phi) is 21.3. The number of nitrogens with zero attached hydrogens (tertiary/aromatic N) is 1. The number of unbranched alkanes of at least 4 members (excludes halogenated alkanes) is 11. The SMILES string of the molecule is CCCCC/C=C\CC=CCCCCCCCCCC(CCCC)N(C)C. The third kappa shape index (κ3) is 20.0. The lowest BCUT2D eigenvalue weighted by Crippen LogP contribution is -2.27. The van der Waals surface area contributed by atoms with Crippen LogP contribution in [0.4, 0.5) is 0 Å². The summed E-state index contributed by atoms with van der Waals surface area (Å²) in [7, 11) is 4.50. The lowest BCUT2D eigenvalue weighted by atomic mass is 10.0. The molecular weight excluding hydrogens is 326 g/mol. The highest BCUT2D eigenvalue weighted by Gasteiger charge is 2.09. The first kappa shape index (κ1) is 26.4. The molecule has 1 nitrogen and oxygen atoms in total. The van der Waals surface area contributed by atoms with Crippen LogP contribution in [-0.4, -0.2) is 25.0 Å². The van der Waals surface area contributed by atoms with Crippen LogP contribution < -0.4 is 0 Å². The highest BCUT2D eigenvalue weighted by Crippen LogP contribution is 2.16. The van der Waals surface area contributed by atoms with E-state index in [1.54, 1.807) is 0 Å². The van der Waals surface area contributed by atoms with Crippen LogP contribution in [0.1, 0.15) is 123 Å². The molecule has 0 fully saturated rings. The molecule has 1 atom stereocenters. The van der Waals surface area contributed by atoms with E-state index in [4.69, 9.17) is 0 Å². The van der Waals surface area contributed by atoms with Crippen LogP contribution in [0.2, 0.25) is 0 Å². The van der Waals surface area contributed by atoms with Gasteiger partial charge in [-0.05, 0) is 59.0 Å². The van der Waals surface area contributed by atoms with Gasteiger partial charge in [-0.3, -0.25) is 0 Å². The number of allylic oxidation sites excluding steroid dienone is 4. The Morgan fingerprint density at radius 2 is 1.04 bits per heavy atom. The minimum Gasteiger partial charge on any atom is -0.306 e. The fourth-order valence-corrected chi connectivity index (χ4v) is 3.65. The summed E-state index contributed by atoms with van der Waals surface area (Å²) in [6.07, 6.45) is 32.5. The summed E-state index contributed by atoms with van der Waals surface area (Å²) in [6.45, 7) is 4.57. The first-order valence-corrected chi connectivity index (χ1v) is 12.2. The summed E-state index contributed by atoms with van der Waals surface area (Å²) >= 11 is 0. The maximum atomic E-state index is 2.44. The molecule has 0 aromatic carbocycles. The van der Waals surface area contributed by atoms with Gasteiger partial charge in [0.1, 0.15) is 0 Å². The molecule has 0 spiro atoms. The Labute approximate surface area is 172 Å². The summed E-state index contributed by atoms with van der Waals surface area (Å²) in [6, 6.07) is 0.808. The molecule has 0 amide bonds. The monoisotopic (exact) mass is 377 g/mol. The smallest absolute Gasteiger partial charge is 0.00891 e. The van der Waals surface area contributed by atoms with Crippen molar-refractivity contribution in [2.75, 3.05) is 14.1 Å². The molecule has 0 aliphatic carbocycles. The van der Waals surface area contributed by atoms with Crippen molar-refractivity contribution >= 4 is 0 Å². The molecule has 1 unspecified atom stereocenters. The zero-order chi connectivity index (χ0) is 20.0. The van der Waals surface area contributed by atoms with Crippen LogP contribution in [-0.2, 0) is 0 Å². The third-order valence-electron chi connectivity index (χ3n) is 5.61. The Morgan fingerprint density at radius 3 is 1.59 bits per heavy atom. The molecule has 0 N–H and O–H groups in total. The van der Waals surface area contributed by atoms with E-state index in [0.29, 0.717) is 0 Å². The van der Waals surface area contributed by atoms with Gasteiger partial charge in [0.05, 0.1) is 0 Å². The van der Waals surface area contributed by atoms with Crippen molar-refractivity contribution < 1.29 is 0 Å². The molecular formula is C26H51N. The summed E-state index contributed by atoms with van der Waals surface area (Å²) in [4.78, 5) is 2.44.